The van der Waals surface area contributed by atoms with Crippen molar-refractivity contribution in [2.75, 3.05) is 19.6 Å². The zero-order valence-corrected chi connectivity index (χ0v) is 15.7. The molecule has 2 amide bonds. The fraction of sp³-hybridized carbons (Fsp3) is 0.304. The highest BCUT2D eigenvalue weighted by atomic mass is 16.2. The molecule has 1 fully saturated rings. The van der Waals surface area contributed by atoms with Crippen LogP contribution in [-0.2, 0) is 4.79 Å². The summed E-state index contributed by atoms with van der Waals surface area (Å²) in [6, 6.07) is 15.8. The number of nitrogens with zero attached hydrogens (tertiary/aromatic N) is 2. The number of hydrogen-bond acceptors (Lipinski definition) is 2. The van der Waals surface area contributed by atoms with Crippen molar-refractivity contribution >= 4 is 22.7 Å². The summed E-state index contributed by atoms with van der Waals surface area (Å²) in [7, 11) is 0. The van der Waals surface area contributed by atoms with Crippen molar-refractivity contribution in [1.82, 2.24) is 14.8 Å². The third kappa shape index (κ3) is 2.70. The van der Waals surface area contributed by atoms with Crippen molar-refractivity contribution < 1.29 is 9.59 Å². The topological polar surface area (TPSA) is 56.4 Å². The Morgan fingerprint density at radius 3 is 2.61 bits per heavy atom. The van der Waals surface area contributed by atoms with Crippen LogP contribution in [0.2, 0.25) is 0 Å². The third-order valence-corrected chi connectivity index (χ3v) is 6.00. The van der Waals surface area contributed by atoms with Gasteiger partial charge in [0, 0.05) is 54.3 Å². The van der Waals surface area contributed by atoms with Crippen LogP contribution in [0.15, 0.2) is 54.7 Å². The van der Waals surface area contributed by atoms with Gasteiger partial charge in [-0.15, -0.1) is 0 Å². The Balaban J connectivity index is 1.50. The highest BCUT2D eigenvalue weighted by molar-refractivity contribution is 6.01. The van der Waals surface area contributed by atoms with Crippen LogP contribution in [0.5, 0.6) is 0 Å². The summed E-state index contributed by atoms with van der Waals surface area (Å²) in [5, 5.41) is 1.12. The first-order valence-electron chi connectivity index (χ1n) is 9.98. The quantitative estimate of drug-likeness (QED) is 0.758. The molecule has 1 N–H and O–H groups in total. The largest absolute Gasteiger partial charge is 0.361 e. The number of rotatable bonds is 4. The summed E-state index contributed by atoms with van der Waals surface area (Å²) < 4.78 is 0. The minimum atomic E-state index is -0.161. The number of aromatic nitrogens is 1. The molecule has 5 heteroatoms. The molecule has 1 aromatic heterocycles. The zero-order chi connectivity index (χ0) is 19.1. The van der Waals surface area contributed by atoms with Gasteiger partial charge in [0.05, 0.1) is 6.04 Å². The molecule has 1 atom stereocenters. The Morgan fingerprint density at radius 2 is 1.75 bits per heavy atom. The summed E-state index contributed by atoms with van der Waals surface area (Å²) in [4.78, 5) is 32.9. The number of benzene rings is 2. The molecule has 3 heterocycles. The maximum atomic E-state index is 13.2. The van der Waals surface area contributed by atoms with Crippen LogP contribution in [0.4, 0.5) is 0 Å². The molecule has 2 aliphatic heterocycles. The second kappa shape index (κ2) is 6.82. The standard InChI is InChI=1S/C23H23N3O2/c27-21(25-12-5-6-13-25)11-14-26-22(17-8-1-2-9-18(17)23(26)28)19-15-24-20-10-4-3-7-16(19)20/h1-4,7-10,15,22,24H,5-6,11-14H2/t22-/m0/s1. The van der Waals surface area contributed by atoms with E-state index in [-0.39, 0.29) is 17.9 Å². The average Bonchev–Trinajstić information content (AvgIpc) is 3.45. The van der Waals surface area contributed by atoms with Gasteiger partial charge in [-0.2, -0.15) is 0 Å². The molecule has 3 aromatic rings. The van der Waals surface area contributed by atoms with Crippen LogP contribution in [0.25, 0.3) is 10.9 Å². The number of H-pyrrole nitrogens is 1. The zero-order valence-electron chi connectivity index (χ0n) is 15.7. The van der Waals surface area contributed by atoms with E-state index in [1.807, 2.05) is 58.5 Å². The predicted molar refractivity (Wildman–Crippen MR) is 108 cm³/mol. The second-order valence-electron chi connectivity index (χ2n) is 7.62. The highest BCUT2D eigenvalue weighted by Crippen LogP contribution is 2.41. The molecule has 2 aliphatic rings. The van der Waals surface area contributed by atoms with E-state index >= 15 is 0 Å². The van der Waals surface area contributed by atoms with Crippen molar-refractivity contribution in [3.63, 3.8) is 0 Å². The number of fused-ring (bicyclic) bond motifs is 2. The smallest absolute Gasteiger partial charge is 0.255 e. The minimum Gasteiger partial charge on any atom is -0.361 e. The van der Waals surface area contributed by atoms with E-state index in [4.69, 9.17) is 0 Å². The number of aromatic amines is 1. The van der Waals surface area contributed by atoms with Gasteiger partial charge >= 0.3 is 0 Å². The van der Waals surface area contributed by atoms with Crippen LogP contribution in [-0.4, -0.2) is 46.2 Å². The van der Waals surface area contributed by atoms with Crippen LogP contribution < -0.4 is 0 Å². The lowest BCUT2D eigenvalue weighted by molar-refractivity contribution is -0.130. The molecule has 0 radical (unpaired) electrons. The van der Waals surface area contributed by atoms with Gasteiger partial charge in [-0.1, -0.05) is 36.4 Å². The maximum absolute atomic E-state index is 13.2. The molecule has 1 saturated heterocycles. The molecule has 142 valence electrons. The van der Waals surface area contributed by atoms with E-state index < -0.39 is 0 Å². The van der Waals surface area contributed by atoms with Crippen molar-refractivity contribution in [3.05, 3.63) is 71.4 Å². The molecule has 0 bridgehead atoms. The fourth-order valence-corrected chi connectivity index (χ4v) is 4.60. The van der Waals surface area contributed by atoms with E-state index in [0.29, 0.717) is 13.0 Å². The van der Waals surface area contributed by atoms with Gasteiger partial charge < -0.3 is 14.8 Å². The molecule has 2 aromatic carbocycles. The lowest BCUT2D eigenvalue weighted by Gasteiger charge is -2.26. The van der Waals surface area contributed by atoms with Gasteiger partial charge in [-0.05, 0) is 30.5 Å². The van der Waals surface area contributed by atoms with Gasteiger partial charge in [0.2, 0.25) is 5.91 Å². The van der Waals surface area contributed by atoms with Crippen molar-refractivity contribution in [2.45, 2.75) is 25.3 Å². The molecule has 0 aliphatic carbocycles. The number of hydrogen-bond donors (Lipinski definition) is 1. The van der Waals surface area contributed by atoms with Crippen LogP contribution >= 0.6 is 0 Å². The normalized spacial score (nSPS) is 18.9. The summed E-state index contributed by atoms with van der Waals surface area (Å²) in [6.45, 7) is 2.13. The SMILES string of the molecule is O=C(CCN1C(=O)c2ccccc2[C@H]1c1c[nH]c2ccccc12)N1CCCC1. The van der Waals surface area contributed by atoms with Gasteiger partial charge in [0.25, 0.3) is 5.91 Å². The molecule has 5 nitrogen and oxygen atoms in total. The molecular formula is C23H23N3O2. The highest BCUT2D eigenvalue weighted by Gasteiger charge is 2.38. The number of carbonyl (C=O) groups excluding carboxylic acids is 2. The first-order valence-corrected chi connectivity index (χ1v) is 9.98. The summed E-state index contributed by atoms with van der Waals surface area (Å²) in [6.07, 6.45) is 4.54. The minimum absolute atomic E-state index is 0.0140. The van der Waals surface area contributed by atoms with Crippen LogP contribution in [0, 0.1) is 0 Å². The Hall–Kier alpha value is -3.08. The number of para-hydroxylation sites is 1. The lowest BCUT2D eigenvalue weighted by Crippen LogP contribution is -2.35. The third-order valence-electron chi connectivity index (χ3n) is 6.00. The molecule has 0 saturated carbocycles. The van der Waals surface area contributed by atoms with Gasteiger partial charge in [-0.25, -0.2) is 0 Å². The molecule has 0 spiro atoms. The van der Waals surface area contributed by atoms with Gasteiger partial charge in [0.1, 0.15) is 0 Å². The first-order chi connectivity index (χ1) is 13.7. The average molecular weight is 373 g/mol. The summed E-state index contributed by atoms with van der Waals surface area (Å²) in [5.74, 6) is 0.166. The predicted octanol–water partition coefficient (Wildman–Crippen LogP) is 3.73. The number of likely N-dealkylation sites (tertiary alicyclic amines) is 1. The fourth-order valence-electron chi connectivity index (χ4n) is 4.60. The number of carbonyl (C=O) groups is 2. The van der Waals surface area contributed by atoms with Crippen LogP contribution in [0.1, 0.15) is 46.8 Å². The molecular weight excluding hydrogens is 350 g/mol. The Labute approximate surface area is 163 Å². The number of amides is 2. The molecule has 5 rings (SSSR count). The van der Waals surface area contributed by atoms with Crippen LogP contribution in [0.3, 0.4) is 0 Å². The summed E-state index contributed by atoms with van der Waals surface area (Å²) >= 11 is 0. The number of nitrogens with one attached hydrogen (secondary N) is 1. The maximum Gasteiger partial charge on any atom is 0.255 e. The Morgan fingerprint density at radius 1 is 1.00 bits per heavy atom. The van der Waals surface area contributed by atoms with E-state index in [0.717, 1.165) is 53.5 Å². The van der Waals surface area contributed by atoms with E-state index in [1.165, 1.54) is 0 Å². The van der Waals surface area contributed by atoms with Crippen molar-refractivity contribution in [1.29, 1.82) is 0 Å². The second-order valence-corrected chi connectivity index (χ2v) is 7.62. The van der Waals surface area contributed by atoms with E-state index in [1.54, 1.807) is 0 Å². The Kier molecular flexibility index (Phi) is 4.15. The van der Waals surface area contributed by atoms with Crippen molar-refractivity contribution in [2.24, 2.45) is 0 Å². The molecule has 0 unspecified atom stereocenters. The first kappa shape index (κ1) is 17.0. The van der Waals surface area contributed by atoms with Gasteiger partial charge in [-0.3, -0.25) is 9.59 Å². The lowest BCUT2D eigenvalue weighted by atomic mass is 9.97. The van der Waals surface area contributed by atoms with Crippen molar-refractivity contribution in [3.8, 4) is 0 Å². The van der Waals surface area contributed by atoms with E-state index in [9.17, 15) is 9.59 Å². The molecule has 28 heavy (non-hydrogen) atoms. The van der Waals surface area contributed by atoms with Gasteiger partial charge in [0.15, 0.2) is 0 Å². The Bertz CT molecular complexity index is 1050. The van der Waals surface area contributed by atoms with E-state index in [2.05, 4.69) is 11.1 Å². The summed E-state index contributed by atoms with van der Waals surface area (Å²) in [5.41, 5.74) is 3.90. The monoisotopic (exact) mass is 373 g/mol.